The van der Waals surface area contributed by atoms with Crippen LogP contribution in [0.5, 0.6) is 11.5 Å². The molecular formula is C21H23N3O5S. The molecule has 4 rings (SSSR count). The van der Waals surface area contributed by atoms with E-state index in [-0.39, 0.29) is 30.2 Å². The van der Waals surface area contributed by atoms with E-state index in [9.17, 15) is 14.4 Å². The van der Waals surface area contributed by atoms with E-state index in [0.29, 0.717) is 22.3 Å². The fourth-order valence-electron chi connectivity index (χ4n) is 4.15. The van der Waals surface area contributed by atoms with Crippen LogP contribution in [0.4, 0.5) is 5.13 Å². The number of hydrogen-bond acceptors (Lipinski definition) is 7. The molecule has 158 valence electrons. The lowest BCUT2D eigenvalue weighted by molar-refractivity contribution is -0.142. The van der Waals surface area contributed by atoms with Gasteiger partial charge in [0.2, 0.25) is 17.7 Å². The fraction of sp³-hybridized carbons (Fsp3) is 0.429. The summed E-state index contributed by atoms with van der Waals surface area (Å²) in [5.41, 5.74) is 1.49. The molecule has 1 aliphatic carbocycles. The first-order valence-corrected chi connectivity index (χ1v) is 10.7. The Labute approximate surface area is 178 Å². The van der Waals surface area contributed by atoms with Crippen molar-refractivity contribution in [2.45, 2.75) is 25.7 Å². The summed E-state index contributed by atoms with van der Waals surface area (Å²) < 4.78 is 10.6. The van der Waals surface area contributed by atoms with Crippen LogP contribution < -0.4 is 14.8 Å². The number of methoxy groups -OCH3 is 2. The highest BCUT2D eigenvalue weighted by Crippen LogP contribution is 2.38. The van der Waals surface area contributed by atoms with Gasteiger partial charge >= 0.3 is 0 Å². The van der Waals surface area contributed by atoms with Gasteiger partial charge in [-0.2, -0.15) is 0 Å². The lowest BCUT2D eigenvalue weighted by atomic mass is 9.81. The summed E-state index contributed by atoms with van der Waals surface area (Å²) in [7, 11) is 3.13. The molecule has 0 bridgehead atoms. The summed E-state index contributed by atoms with van der Waals surface area (Å²) in [5, 5.41) is 4.92. The van der Waals surface area contributed by atoms with Crippen LogP contribution in [0.3, 0.4) is 0 Å². The third kappa shape index (κ3) is 3.77. The van der Waals surface area contributed by atoms with Crippen molar-refractivity contribution in [3.63, 3.8) is 0 Å². The minimum Gasteiger partial charge on any atom is -0.493 e. The molecule has 1 aromatic heterocycles. The summed E-state index contributed by atoms with van der Waals surface area (Å²) in [6.07, 6.45) is 3.37. The summed E-state index contributed by atoms with van der Waals surface area (Å²) in [4.78, 5) is 43.1. The molecule has 8 nitrogen and oxygen atoms in total. The number of rotatable bonds is 6. The van der Waals surface area contributed by atoms with E-state index in [0.717, 1.165) is 36.1 Å². The van der Waals surface area contributed by atoms with Gasteiger partial charge in [0, 0.05) is 10.9 Å². The first-order valence-electron chi connectivity index (χ1n) is 9.85. The molecule has 0 radical (unpaired) electrons. The van der Waals surface area contributed by atoms with Crippen LogP contribution in [0.15, 0.2) is 23.6 Å². The Hall–Kier alpha value is -2.94. The lowest BCUT2D eigenvalue weighted by Crippen LogP contribution is -2.38. The Morgan fingerprint density at radius 1 is 1.13 bits per heavy atom. The summed E-state index contributed by atoms with van der Waals surface area (Å²) in [6, 6.07) is 5.45. The van der Waals surface area contributed by atoms with Crippen LogP contribution in [-0.2, 0) is 14.4 Å². The first-order chi connectivity index (χ1) is 14.5. The largest absolute Gasteiger partial charge is 0.493 e. The van der Waals surface area contributed by atoms with Crippen LogP contribution >= 0.6 is 11.3 Å². The average Bonchev–Trinajstić information content (AvgIpc) is 3.32. The van der Waals surface area contributed by atoms with Crippen molar-refractivity contribution in [3.05, 3.63) is 23.6 Å². The number of imide groups is 1. The van der Waals surface area contributed by atoms with Crippen LogP contribution in [-0.4, -0.2) is 48.4 Å². The molecule has 2 fully saturated rings. The van der Waals surface area contributed by atoms with Crippen molar-refractivity contribution in [2.75, 3.05) is 26.1 Å². The maximum Gasteiger partial charge on any atom is 0.246 e. The van der Waals surface area contributed by atoms with Gasteiger partial charge in [0.05, 0.1) is 31.7 Å². The highest BCUT2D eigenvalue weighted by molar-refractivity contribution is 7.14. The molecule has 1 N–H and O–H groups in total. The van der Waals surface area contributed by atoms with Crippen molar-refractivity contribution >= 4 is 34.2 Å². The number of nitrogens with zero attached hydrogens (tertiary/aromatic N) is 2. The molecule has 1 saturated heterocycles. The van der Waals surface area contributed by atoms with Crippen molar-refractivity contribution in [1.29, 1.82) is 0 Å². The zero-order valence-corrected chi connectivity index (χ0v) is 17.7. The molecule has 1 saturated carbocycles. The number of ether oxygens (including phenoxy) is 2. The Kier molecular flexibility index (Phi) is 5.72. The van der Waals surface area contributed by atoms with Crippen LogP contribution in [0.25, 0.3) is 11.3 Å². The normalized spacial score (nSPS) is 20.8. The topological polar surface area (TPSA) is 97.8 Å². The van der Waals surface area contributed by atoms with Crippen LogP contribution in [0, 0.1) is 11.8 Å². The van der Waals surface area contributed by atoms with Crippen molar-refractivity contribution in [2.24, 2.45) is 11.8 Å². The summed E-state index contributed by atoms with van der Waals surface area (Å²) >= 11 is 1.27. The van der Waals surface area contributed by atoms with Gasteiger partial charge in [-0.15, -0.1) is 11.3 Å². The SMILES string of the molecule is COc1ccc(-c2csc(NC(=O)CN3C(=O)[C@@H]4CCCC[C@H]4C3=O)n2)cc1OC. The number of carbonyl (C=O) groups excluding carboxylic acids is 3. The number of anilines is 1. The maximum absolute atomic E-state index is 12.5. The van der Waals surface area contributed by atoms with E-state index in [2.05, 4.69) is 10.3 Å². The Balaban J connectivity index is 1.42. The van der Waals surface area contributed by atoms with E-state index >= 15 is 0 Å². The number of amides is 3. The van der Waals surface area contributed by atoms with Crippen LogP contribution in [0.2, 0.25) is 0 Å². The van der Waals surface area contributed by atoms with Gasteiger partial charge in [0.25, 0.3) is 0 Å². The predicted molar refractivity (Wildman–Crippen MR) is 111 cm³/mol. The molecule has 2 aliphatic rings. The predicted octanol–water partition coefficient (Wildman–Crippen LogP) is 2.94. The third-order valence-corrected chi connectivity index (χ3v) is 6.42. The first kappa shape index (κ1) is 20.3. The highest BCUT2D eigenvalue weighted by atomic mass is 32.1. The second-order valence-electron chi connectivity index (χ2n) is 7.42. The molecule has 0 unspecified atom stereocenters. The second-order valence-corrected chi connectivity index (χ2v) is 8.27. The fourth-order valence-corrected chi connectivity index (χ4v) is 4.88. The van der Waals surface area contributed by atoms with Gasteiger partial charge in [0.15, 0.2) is 16.6 Å². The van der Waals surface area contributed by atoms with Gasteiger partial charge in [0.1, 0.15) is 6.54 Å². The highest BCUT2D eigenvalue weighted by Gasteiger charge is 2.48. The third-order valence-electron chi connectivity index (χ3n) is 5.66. The van der Waals surface area contributed by atoms with E-state index in [4.69, 9.17) is 9.47 Å². The van der Waals surface area contributed by atoms with E-state index in [1.165, 1.54) is 11.3 Å². The number of nitrogens with one attached hydrogen (secondary N) is 1. The zero-order valence-electron chi connectivity index (χ0n) is 16.8. The van der Waals surface area contributed by atoms with E-state index in [1.54, 1.807) is 20.3 Å². The van der Waals surface area contributed by atoms with Gasteiger partial charge in [-0.25, -0.2) is 4.98 Å². The monoisotopic (exact) mass is 429 g/mol. The zero-order chi connectivity index (χ0) is 21.3. The minimum atomic E-state index is -0.427. The smallest absolute Gasteiger partial charge is 0.246 e. The van der Waals surface area contributed by atoms with Crippen molar-refractivity contribution < 1.29 is 23.9 Å². The van der Waals surface area contributed by atoms with Crippen molar-refractivity contribution in [3.8, 4) is 22.8 Å². The molecule has 1 aliphatic heterocycles. The van der Waals surface area contributed by atoms with Gasteiger partial charge < -0.3 is 14.8 Å². The Bertz CT molecular complexity index is 965. The number of fused-ring (bicyclic) bond motifs is 1. The number of benzene rings is 1. The van der Waals surface area contributed by atoms with Gasteiger partial charge in [-0.1, -0.05) is 12.8 Å². The molecule has 3 amide bonds. The van der Waals surface area contributed by atoms with Gasteiger partial charge in [-0.3, -0.25) is 19.3 Å². The van der Waals surface area contributed by atoms with Gasteiger partial charge in [-0.05, 0) is 31.0 Å². The Morgan fingerprint density at radius 3 is 2.43 bits per heavy atom. The summed E-state index contributed by atoms with van der Waals surface area (Å²) in [5.74, 6) is -0.170. The number of aromatic nitrogens is 1. The number of hydrogen-bond donors (Lipinski definition) is 1. The summed E-state index contributed by atoms with van der Waals surface area (Å²) in [6.45, 7) is -0.268. The molecule has 30 heavy (non-hydrogen) atoms. The average molecular weight is 429 g/mol. The molecular weight excluding hydrogens is 406 g/mol. The minimum absolute atomic E-state index is 0.218. The molecule has 2 aromatic rings. The van der Waals surface area contributed by atoms with E-state index < -0.39 is 5.91 Å². The Morgan fingerprint density at radius 2 is 1.80 bits per heavy atom. The standard InChI is InChI=1S/C21H23N3O5S/c1-28-16-8-7-12(9-17(16)29-2)15-11-30-21(22-15)23-18(25)10-24-19(26)13-5-3-4-6-14(13)20(24)27/h7-9,11,13-14H,3-6,10H2,1-2H3,(H,22,23,25)/t13-,14-/m1/s1. The number of carbonyl (C=O) groups is 3. The van der Waals surface area contributed by atoms with E-state index in [1.807, 2.05) is 17.5 Å². The molecule has 1 aromatic carbocycles. The lowest BCUT2D eigenvalue weighted by Gasteiger charge is -2.19. The molecule has 2 heterocycles. The molecule has 2 atom stereocenters. The number of thiazole rings is 1. The molecule has 0 spiro atoms. The molecule has 9 heteroatoms. The quantitative estimate of drug-likeness (QED) is 0.709. The van der Waals surface area contributed by atoms with Crippen molar-refractivity contribution in [1.82, 2.24) is 9.88 Å². The second kappa shape index (κ2) is 8.43. The van der Waals surface area contributed by atoms with Crippen LogP contribution in [0.1, 0.15) is 25.7 Å². The maximum atomic E-state index is 12.5. The number of likely N-dealkylation sites (tertiary alicyclic amines) is 1.